The van der Waals surface area contributed by atoms with Gasteiger partial charge in [-0.3, -0.25) is 24.1 Å². The van der Waals surface area contributed by atoms with Gasteiger partial charge < -0.3 is 10.6 Å². The predicted octanol–water partition coefficient (Wildman–Crippen LogP) is -0.365. The SMILES string of the molecule is CCNC(=O)CCCN1C(=O)C=C(SCC(=O)NC)C1=O. The summed E-state index contributed by atoms with van der Waals surface area (Å²) in [5, 5.41) is 5.10. The highest BCUT2D eigenvalue weighted by Gasteiger charge is 2.31. The fourth-order valence-corrected chi connectivity index (χ4v) is 2.55. The van der Waals surface area contributed by atoms with Crippen LogP contribution in [0.25, 0.3) is 0 Å². The van der Waals surface area contributed by atoms with Crippen molar-refractivity contribution < 1.29 is 19.2 Å². The molecule has 1 aliphatic rings. The molecule has 0 saturated carbocycles. The summed E-state index contributed by atoms with van der Waals surface area (Å²) >= 11 is 1.04. The first-order valence-corrected chi connectivity index (χ1v) is 7.65. The molecule has 4 amide bonds. The molecule has 0 fully saturated rings. The zero-order valence-electron chi connectivity index (χ0n) is 12.1. The molecule has 0 spiro atoms. The molecule has 1 heterocycles. The van der Waals surface area contributed by atoms with E-state index in [4.69, 9.17) is 0 Å². The quantitative estimate of drug-likeness (QED) is 0.596. The van der Waals surface area contributed by atoms with E-state index in [1.807, 2.05) is 6.92 Å². The van der Waals surface area contributed by atoms with Gasteiger partial charge in [0, 0.05) is 32.6 Å². The van der Waals surface area contributed by atoms with Crippen molar-refractivity contribution in [3.05, 3.63) is 11.0 Å². The maximum atomic E-state index is 12.0. The molecule has 0 radical (unpaired) electrons. The van der Waals surface area contributed by atoms with Crippen LogP contribution in [0.2, 0.25) is 0 Å². The summed E-state index contributed by atoms with van der Waals surface area (Å²) in [5.74, 6) is -1.01. The van der Waals surface area contributed by atoms with E-state index in [0.717, 1.165) is 16.7 Å². The number of carbonyl (C=O) groups is 4. The van der Waals surface area contributed by atoms with Crippen molar-refractivity contribution >= 4 is 35.4 Å². The number of nitrogens with one attached hydrogen (secondary N) is 2. The molecular weight excluding hydrogens is 294 g/mol. The van der Waals surface area contributed by atoms with E-state index in [2.05, 4.69) is 10.6 Å². The molecule has 116 valence electrons. The Bertz CT molecular complexity index is 476. The number of hydrogen-bond acceptors (Lipinski definition) is 5. The lowest BCUT2D eigenvalue weighted by atomic mass is 10.3. The monoisotopic (exact) mass is 313 g/mol. The molecule has 0 saturated heterocycles. The Balaban J connectivity index is 2.42. The minimum Gasteiger partial charge on any atom is -0.358 e. The predicted molar refractivity (Wildman–Crippen MR) is 79.2 cm³/mol. The zero-order chi connectivity index (χ0) is 15.8. The summed E-state index contributed by atoms with van der Waals surface area (Å²) in [5.41, 5.74) is 0. The van der Waals surface area contributed by atoms with Gasteiger partial charge in [-0.15, -0.1) is 11.8 Å². The summed E-state index contributed by atoms with van der Waals surface area (Å²) in [6.45, 7) is 2.59. The molecule has 0 atom stereocenters. The van der Waals surface area contributed by atoms with Crippen LogP contribution in [0.3, 0.4) is 0 Å². The van der Waals surface area contributed by atoms with Crippen LogP contribution < -0.4 is 10.6 Å². The van der Waals surface area contributed by atoms with Gasteiger partial charge in [0.2, 0.25) is 11.8 Å². The average Bonchev–Trinajstić information content (AvgIpc) is 2.72. The molecule has 8 heteroatoms. The molecule has 0 bridgehead atoms. The van der Waals surface area contributed by atoms with Gasteiger partial charge in [-0.25, -0.2) is 0 Å². The van der Waals surface area contributed by atoms with E-state index in [-0.39, 0.29) is 35.4 Å². The van der Waals surface area contributed by atoms with Gasteiger partial charge >= 0.3 is 0 Å². The third-order valence-corrected chi connectivity index (χ3v) is 3.78. The Hall–Kier alpha value is -1.83. The summed E-state index contributed by atoms with van der Waals surface area (Å²) < 4.78 is 0. The van der Waals surface area contributed by atoms with Crippen molar-refractivity contribution in [2.45, 2.75) is 19.8 Å². The van der Waals surface area contributed by atoms with Crippen molar-refractivity contribution in [3.8, 4) is 0 Å². The first-order valence-electron chi connectivity index (χ1n) is 6.67. The molecule has 0 aliphatic carbocycles. The molecule has 0 aromatic heterocycles. The van der Waals surface area contributed by atoms with Gasteiger partial charge in [-0.2, -0.15) is 0 Å². The minimum atomic E-state index is -0.398. The topological polar surface area (TPSA) is 95.6 Å². The maximum absolute atomic E-state index is 12.0. The van der Waals surface area contributed by atoms with Crippen molar-refractivity contribution in [1.82, 2.24) is 15.5 Å². The van der Waals surface area contributed by atoms with Crippen LogP contribution in [0.1, 0.15) is 19.8 Å². The van der Waals surface area contributed by atoms with Crippen LogP contribution in [-0.2, 0) is 19.2 Å². The molecule has 0 aromatic carbocycles. The fraction of sp³-hybridized carbons (Fsp3) is 0.538. The van der Waals surface area contributed by atoms with Crippen LogP contribution in [0.4, 0.5) is 0 Å². The standard InChI is InChI=1S/C13H19N3O4S/c1-3-15-10(17)5-4-6-16-12(19)7-9(13(16)20)21-8-11(18)14-2/h7H,3-6,8H2,1-2H3,(H,14,18)(H,15,17). The van der Waals surface area contributed by atoms with E-state index in [9.17, 15) is 19.2 Å². The Morgan fingerprint density at radius 2 is 2.00 bits per heavy atom. The van der Waals surface area contributed by atoms with Crippen molar-refractivity contribution in [2.24, 2.45) is 0 Å². The second-order valence-corrected chi connectivity index (χ2v) is 5.34. The van der Waals surface area contributed by atoms with Crippen LogP contribution >= 0.6 is 11.8 Å². The molecule has 1 aliphatic heterocycles. The smallest absolute Gasteiger partial charge is 0.267 e. The Morgan fingerprint density at radius 3 is 2.62 bits per heavy atom. The summed E-state index contributed by atoms with van der Waals surface area (Å²) in [6, 6.07) is 0. The first kappa shape index (κ1) is 17.2. The second kappa shape index (κ2) is 8.46. The molecule has 0 aromatic rings. The van der Waals surface area contributed by atoms with Gasteiger partial charge in [0.15, 0.2) is 0 Å². The molecule has 2 N–H and O–H groups in total. The van der Waals surface area contributed by atoms with E-state index in [1.165, 1.54) is 13.1 Å². The van der Waals surface area contributed by atoms with E-state index in [0.29, 0.717) is 13.0 Å². The fourth-order valence-electron chi connectivity index (χ4n) is 1.70. The van der Waals surface area contributed by atoms with Gasteiger partial charge in [0.05, 0.1) is 10.7 Å². The number of amides is 4. The van der Waals surface area contributed by atoms with Crippen LogP contribution in [0.5, 0.6) is 0 Å². The van der Waals surface area contributed by atoms with Gasteiger partial charge in [0.1, 0.15) is 0 Å². The second-order valence-electron chi connectivity index (χ2n) is 4.32. The van der Waals surface area contributed by atoms with E-state index >= 15 is 0 Å². The van der Waals surface area contributed by atoms with Gasteiger partial charge in [-0.05, 0) is 13.3 Å². The lowest BCUT2D eigenvalue weighted by Gasteiger charge is -2.14. The third kappa shape index (κ3) is 5.22. The van der Waals surface area contributed by atoms with Crippen molar-refractivity contribution in [1.29, 1.82) is 0 Å². The third-order valence-electron chi connectivity index (χ3n) is 2.77. The Kier molecular flexibility index (Phi) is 6.93. The number of thioether (sulfide) groups is 1. The number of imide groups is 1. The number of nitrogens with zero attached hydrogens (tertiary/aromatic N) is 1. The van der Waals surface area contributed by atoms with E-state index in [1.54, 1.807) is 0 Å². The largest absolute Gasteiger partial charge is 0.358 e. The number of carbonyl (C=O) groups excluding carboxylic acids is 4. The average molecular weight is 313 g/mol. The summed E-state index contributed by atoms with van der Waals surface area (Å²) in [7, 11) is 1.51. The summed E-state index contributed by atoms with van der Waals surface area (Å²) in [6.07, 6.45) is 1.93. The summed E-state index contributed by atoms with van der Waals surface area (Å²) in [4.78, 5) is 47.5. The minimum absolute atomic E-state index is 0.0914. The van der Waals surface area contributed by atoms with Gasteiger partial charge in [-0.1, -0.05) is 0 Å². The Labute approximate surface area is 127 Å². The van der Waals surface area contributed by atoms with Crippen LogP contribution in [-0.4, -0.2) is 54.4 Å². The highest BCUT2D eigenvalue weighted by molar-refractivity contribution is 8.04. The molecule has 0 unspecified atom stereocenters. The molecule has 1 rings (SSSR count). The first-order chi connectivity index (χ1) is 9.99. The molecular formula is C13H19N3O4S. The van der Waals surface area contributed by atoms with E-state index < -0.39 is 11.8 Å². The van der Waals surface area contributed by atoms with Gasteiger partial charge in [0.25, 0.3) is 11.8 Å². The lowest BCUT2D eigenvalue weighted by Crippen LogP contribution is -2.33. The maximum Gasteiger partial charge on any atom is 0.267 e. The zero-order valence-corrected chi connectivity index (χ0v) is 12.9. The molecule has 21 heavy (non-hydrogen) atoms. The molecule has 7 nitrogen and oxygen atoms in total. The van der Waals surface area contributed by atoms with Crippen molar-refractivity contribution in [3.63, 3.8) is 0 Å². The van der Waals surface area contributed by atoms with Crippen molar-refractivity contribution in [2.75, 3.05) is 25.9 Å². The number of hydrogen-bond donors (Lipinski definition) is 2. The highest BCUT2D eigenvalue weighted by atomic mass is 32.2. The van der Waals surface area contributed by atoms with Crippen LogP contribution in [0.15, 0.2) is 11.0 Å². The number of rotatable bonds is 8. The normalized spacial score (nSPS) is 14.2. The van der Waals surface area contributed by atoms with Crippen LogP contribution in [0, 0.1) is 0 Å². The highest BCUT2D eigenvalue weighted by Crippen LogP contribution is 2.24. The Morgan fingerprint density at radius 1 is 1.29 bits per heavy atom. The lowest BCUT2D eigenvalue weighted by molar-refractivity contribution is -0.137.